The summed E-state index contributed by atoms with van der Waals surface area (Å²) in [4.78, 5) is 36.2. The maximum Gasteiger partial charge on any atom is 0.338 e. The molecule has 1 saturated heterocycles. The molecule has 0 aromatic rings. The standard InChI is InChI=1S/C22H26O9/c1-12-7-6-9-15(24)22(29)16(25)11-13(23)20-19(22)18(21(28)30-12)14(31-20)8-4-2-3-5-10-17(26)27/h2-5,8,10,12-13,15,19-20,23-24,29H,6-7,9,11H2,1H3,(H,26,27)/b3-2+,8-4+,10-5+/t12-,13-,15+,19-,20-,22-/m0/s1. The lowest BCUT2D eigenvalue weighted by Crippen LogP contribution is -2.64. The van der Waals surface area contributed by atoms with Crippen LogP contribution in [0.1, 0.15) is 32.6 Å². The van der Waals surface area contributed by atoms with Gasteiger partial charge in [0.15, 0.2) is 11.4 Å². The molecule has 1 aliphatic carbocycles. The van der Waals surface area contributed by atoms with Crippen LogP contribution < -0.4 is 0 Å². The molecule has 0 amide bonds. The Morgan fingerprint density at radius 1 is 1.10 bits per heavy atom. The minimum absolute atomic E-state index is 0.0130. The molecule has 0 radical (unpaired) electrons. The lowest BCUT2D eigenvalue weighted by Gasteiger charge is -2.44. The second-order valence-corrected chi connectivity index (χ2v) is 7.96. The molecule has 4 N–H and O–H groups in total. The van der Waals surface area contributed by atoms with E-state index in [1.165, 1.54) is 30.4 Å². The van der Waals surface area contributed by atoms with E-state index in [0.717, 1.165) is 6.08 Å². The van der Waals surface area contributed by atoms with Crippen LogP contribution in [-0.2, 0) is 23.9 Å². The van der Waals surface area contributed by atoms with E-state index in [0.29, 0.717) is 12.8 Å². The van der Waals surface area contributed by atoms with Gasteiger partial charge in [-0.15, -0.1) is 0 Å². The quantitative estimate of drug-likeness (QED) is 0.282. The first-order chi connectivity index (χ1) is 14.7. The highest BCUT2D eigenvalue weighted by molar-refractivity contribution is 5.97. The highest BCUT2D eigenvalue weighted by atomic mass is 16.6. The highest BCUT2D eigenvalue weighted by Gasteiger charge is 2.64. The molecule has 9 heteroatoms. The second kappa shape index (κ2) is 9.17. The van der Waals surface area contributed by atoms with Crippen LogP contribution in [0.3, 0.4) is 0 Å². The lowest BCUT2D eigenvalue weighted by atomic mass is 9.65. The first-order valence-corrected chi connectivity index (χ1v) is 10.1. The average molecular weight is 434 g/mol. The molecule has 0 bridgehead atoms. The number of allylic oxidation sites excluding steroid dienone is 5. The van der Waals surface area contributed by atoms with E-state index >= 15 is 0 Å². The van der Waals surface area contributed by atoms with Gasteiger partial charge in [-0.05, 0) is 32.3 Å². The zero-order valence-electron chi connectivity index (χ0n) is 17.0. The van der Waals surface area contributed by atoms with E-state index < -0.39 is 60.1 Å². The van der Waals surface area contributed by atoms with E-state index in [9.17, 15) is 29.7 Å². The van der Waals surface area contributed by atoms with Gasteiger partial charge in [-0.1, -0.05) is 24.3 Å². The maximum atomic E-state index is 13.0. The minimum atomic E-state index is -2.28. The van der Waals surface area contributed by atoms with Gasteiger partial charge in [0.2, 0.25) is 0 Å². The molecule has 2 heterocycles. The Bertz CT molecular complexity index is 868. The summed E-state index contributed by atoms with van der Waals surface area (Å²) in [6.45, 7) is 1.71. The third kappa shape index (κ3) is 4.48. The fraction of sp³-hybridized carbons (Fsp3) is 0.500. The fourth-order valence-electron chi connectivity index (χ4n) is 4.29. The Kier molecular flexibility index (Phi) is 6.78. The van der Waals surface area contributed by atoms with Crippen LogP contribution in [0.5, 0.6) is 0 Å². The number of Topliss-reactive ketones (excluding diaryl/α,β-unsaturated/α-hetero) is 1. The molecular weight excluding hydrogens is 408 g/mol. The molecule has 3 aliphatic rings. The minimum Gasteiger partial charge on any atom is -0.486 e. The van der Waals surface area contributed by atoms with Crippen molar-refractivity contribution in [2.75, 3.05) is 0 Å². The Labute approximate surface area is 179 Å². The third-order valence-corrected chi connectivity index (χ3v) is 5.81. The third-order valence-electron chi connectivity index (χ3n) is 5.81. The van der Waals surface area contributed by atoms with Crippen molar-refractivity contribution in [3.8, 4) is 0 Å². The molecule has 168 valence electrons. The van der Waals surface area contributed by atoms with Gasteiger partial charge in [-0.3, -0.25) is 4.79 Å². The van der Waals surface area contributed by atoms with Gasteiger partial charge in [-0.2, -0.15) is 0 Å². The zero-order chi connectivity index (χ0) is 22.8. The number of aliphatic hydroxyl groups is 3. The van der Waals surface area contributed by atoms with Crippen molar-refractivity contribution in [1.29, 1.82) is 0 Å². The molecule has 3 rings (SSSR count). The maximum absolute atomic E-state index is 13.0. The summed E-state index contributed by atoms with van der Waals surface area (Å²) < 4.78 is 11.2. The number of rotatable bonds is 4. The first kappa shape index (κ1) is 22.9. The summed E-state index contributed by atoms with van der Waals surface area (Å²) >= 11 is 0. The van der Waals surface area contributed by atoms with Crippen molar-refractivity contribution in [3.63, 3.8) is 0 Å². The van der Waals surface area contributed by atoms with Crippen LogP contribution in [0.25, 0.3) is 0 Å². The number of esters is 1. The van der Waals surface area contributed by atoms with Gasteiger partial charge in [0.1, 0.15) is 11.9 Å². The number of ether oxygens (including phenoxy) is 2. The van der Waals surface area contributed by atoms with Gasteiger partial charge in [0.05, 0.1) is 29.8 Å². The molecule has 1 saturated carbocycles. The summed E-state index contributed by atoms with van der Waals surface area (Å²) in [6, 6.07) is 0. The largest absolute Gasteiger partial charge is 0.486 e. The number of aliphatic carboxylic acids is 1. The fourth-order valence-corrected chi connectivity index (χ4v) is 4.29. The van der Waals surface area contributed by atoms with E-state index in [1.807, 2.05) is 0 Å². The number of carbonyl (C=O) groups is 3. The van der Waals surface area contributed by atoms with Crippen LogP contribution >= 0.6 is 0 Å². The van der Waals surface area contributed by atoms with Crippen LogP contribution in [0.15, 0.2) is 47.8 Å². The molecule has 0 aromatic heterocycles. The number of hydrogen-bond donors (Lipinski definition) is 4. The molecule has 31 heavy (non-hydrogen) atoms. The van der Waals surface area contributed by atoms with E-state index in [1.54, 1.807) is 6.92 Å². The SMILES string of the molecule is C[C@H]1CCC[C@@H](O)[C@]2(O)C(=O)C[C@H](O)[C@@H]3OC(/C=C/C=C/C=C/C(=O)O)=C(C(=O)O1)[C@@H]32. The van der Waals surface area contributed by atoms with Crippen LogP contribution in [0.2, 0.25) is 0 Å². The van der Waals surface area contributed by atoms with Crippen LogP contribution in [0, 0.1) is 5.92 Å². The van der Waals surface area contributed by atoms with Crippen molar-refractivity contribution in [3.05, 3.63) is 47.8 Å². The van der Waals surface area contributed by atoms with Crippen LogP contribution in [0.4, 0.5) is 0 Å². The number of aliphatic hydroxyl groups excluding tert-OH is 2. The molecule has 9 nitrogen and oxygen atoms in total. The van der Waals surface area contributed by atoms with Gasteiger partial charge in [0, 0.05) is 12.5 Å². The van der Waals surface area contributed by atoms with Gasteiger partial charge in [-0.25, -0.2) is 9.59 Å². The number of cyclic esters (lactones) is 1. The van der Waals surface area contributed by atoms with Crippen molar-refractivity contribution in [1.82, 2.24) is 0 Å². The Morgan fingerprint density at radius 2 is 1.81 bits per heavy atom. The van der Waals surface area contributed by atoms with Crippen molar-refractivity contribution < 1.29 is 44.3 Å². The topological polar surface area (TPSA) is 151 Å². The summed E-state index contributed by atoms with van der Waals surface area (Å²) in [5, 5.41) is 41.0. The Morgan fingerprint density at radius 3 is 2.52 bits per heavy atom. The molecule has 2 aliphatic heterocycles. The van der Waals surface area contributed by atoms with Gasteiger partial charge in [0.25, 0.3) is 0 Å². The molecule has 2 fully saturated rings. The predicted molar refractivity (Wildman–Crippen MR) is 106 cm³/mol. The molecule has 0 aromatic carbocycles. The molecule has 0 spiro atoms. The smallest absolute Gasteiger partial charge is 0.338 e. The molecular formula is C22H26O9. The monoisotopic (exact) mass is 434 g/mol. The molecule has 6 atom stereocenters. The zero-order valence-corrected chi connectivity index (χ0v) is 17.0. The summed E-state index contributed by atoms with van der Waals surface area (Å²) in [5.41, 5.74) is -2.40. The number of hydrogen-bond acceptors (Lipinski definition) is 8. The number of ketones is 1. The van der Waals surface area contributed by atoms with E-state index in [4.69, 9.17) is 14.6 Å². The van der Waals surface area contributed by atoms with Gasteiger partial charge < -0.3 is 29.9 Å². The predicted octanol–water partition coefficient (Wildman–Crippen LogP) is 0.550. The number of carbonyl (C=O) groups excluding carboxylic acids is 2. The number of carboxylic acids is 1. The van der Waals surface area contributed by atoms with Gasteiger partial charge >= 0.3 is 11.9 Å². The normalized spacial score (nSPS) is 36.7. The van der Waals surface area contributed by atoms with Crippen molar-refractivity contribution in [2.45, 2.75) is 62.6 Å². The molecule has 0 unspecified atom stereocenters. The van der Waals surface area contributed by atoms with E-state index in [-0.39, 0.29) is 17.8 Å². The van der Waals surface area contributed by atoms with Crippen LogP contribution in [-0.4, -0.2) is 68.2 Å². The second-order valence-electron chi connectivity index (χ2n) is 7.96. The Balaban J connectivity index is 2.03. The number of carboxylic acid groups (broad SMARTS) is 1. The van der Waals surface area contributed by atoms with E-state index in [2.05, 4.69) is 0 Å². The lowest BCUT2D eigenvalue weighted by molar-refractivity contribution is -0.188. The average Bonchev–Trinajstić information content (AvgIpc) is 3.08. The summed E-state index contributed by atoms with van der Waals surface area (Å²) in [7, 11) is 0. The first-order valence-electron chi connectivity index (χ1n) is 10.1. The van der Waals surface area contributed by atoms with Crippen molar-refractivity contribution in [2.24, 2.45) is 5.92 Å². The summed E-state index contributed by atoms with van der Waals surface area (Å²) in [5.74, 6) is -3.91. The van der Waals surface area contributed by atoms with Crippen molar-refractivity contribution >= 4 is 17.7 Å². The highest BCUT2D eigenvalue weighted by Crippen LogP contribution is 2.48. The summed E-state index contributed by atoms with van der Waals surface area (Å²) in [6.07, 6.45) is 4.41. The Hall–Kier alpha value is -2.75.